The predicted octanol–water partition coefficient (Wildman–Crippen LogP) is 14.7. The second-order valence-corrected chi connectivity index (χ2v) is 16.8. The molecule has 264 valence electrons. The van der Waals surface area contributed by atoms with Crippen LogP contribution in [0.15, 0.2) is 42.2 Å². The number of aromatic hydroxyl groups is 4. The van der Waals surface area contributed by atoms with Crippen LogP contribution in [0.3, 0.4) is 0 Å². The number of unbranched alkanes of at least 4 members (excludes halogenated alkanes) is 4. The summed E-state index contributed by atoms with van der Waals surface area (Å²) in [7, 11) is 0. The Labute approximate surface area is 327 Å². The normalized spacial score (nSPS) is 12.1. The maximum absolute atomic E-state index is 11.7. The van der Waals surface area contributed by atoms with Crippen molar-refractivity contribution in [1.29, 1.82) is 0 Å². The van der Waals surface area contributed by atoms with Gasteiger partial charge in [-0.2, -0.15) is 0 Å². The molecule has 0 heterocycles. The van der Waals surface area contributed by atoms with Crippen molar-refractivity contribution in [3.63, 3.8) is 0 Å². The van der Waals surface area contributed by atoms with Gasteiger partial charge in [0.15, 0.2) is 0 Å². The van der Waals surface area contributed by atoms with Crippen molar-refractivity contribution in [1.82, 2.24) is 0 Å². The topological polar surface area (TPSA) is 80.9 Å². The van der Waals surface area contributed by atoms with Gasteiger partial charge in [-0.05, 0) is 194 Å². The maximum atomic E-state index is 11.7. The standard InChI is InChI=1S/C42H44Br4O4/c1-5-9-13-21-17-25-29-26-18-22(14-10-6-2)41(49)37(45)33(26)34-28(20-24(16-12-8-4)42(50)38(34)46)30(29)27-19-23(15-11-7-3)40(48)36(44)32(27)31(25)35(43)39(21)47/h17-20,47-50H,5-16H2,1-4H3. The third-order valence-corrected chi connectivity index (χ3v) is 13.4. The van der Waals surface area contributed by atoms with Crippen LogP contribution in [0.25, 0.3) is 53.9 Å². The van der Waals surface area contributed by atoms with E-state index in [0.29, 0.717) is 17.9 Å². The molecular weight excluding hydrogens is 888 g/mol. The van der Waals surface area contributed by atoms with Crippen molar-refractivity contribution in [2.45, 2.75) is 105 Å². The van der Waals surface area contributed by atoms with Crippen LogP contribution in [-0.4, -0.2) is 20.4 Å². The lowest BCUT2D eigenvalue weighted by molar-refractivity contribution is 0.463. The highest BCUT2D eigenvalue weighted by atomic mass is 79.9. The summed E-state index contributed by atoms with van der Waals surface area (Å²) in [5.74, 6) is 0.871. The molecule has 0 fully saturated rings. The average Bonchev–Trinajstić information content (AvgIpc) is 3.11. The highest BCUT2D eigenvalue weighted by molar-refractivity contribution is 9.11. The molecule has 6 aromatic rings. The van der Waals surface area contributed by atoms with E-state index in [1.807, 2.05) is 0 Å². The van der Waals surface area contributed by atoms with Gasteiger partial charge in [-0.3, -0.25) is 0 Å². The molecule has 0 bridgehead atoms. The van der Waals surface area contributed by atoms with Crippen molar-refractivity contribution in [3.8, 4) is 23.0 Å². The molecule has 6 rings (SSSR count). The van der Waals surface area contributed by atoms with E-state index >= 15 is 0 Å². The minimum Gasteiger partial charge on any atom is -0.506 e. The monoisotopic (exact) mass is 928 g/mol. The van der Waals surface area contributed by atoms with Gasteiger partial charge in [0.2, 0.25) is 0 Å². The molecule has 8 heteroatoms. The summed E-state index contributed by atoms with van der Waals surface area (Å²) in [5.41, 5.74) is 3.44. The van der Waals surface area contributed by atoms with Gasteiger partial charge < -0.3 is 20.4 Å². The minimum absolute atomic E-state index is 0.218. The molecule has 0 spiro atoms. The number of aryl methyl sites for hydroxylation is 4. The van der Waals surface area contributed by atoms with Gasteiger partial charge in [-0.1, -0.05) is 53.4 Å². The fourth-order valence-electron chi connectivity index (χ4n) is 7.60. The van der Waals surface area contributed by atoms with Crippen LogP contribution in [0.5, 0.6) is 23.0 Å². The van der Waals surface area contributed by atoms with Crippen molar-refractivity contribution in [2.24, 2.45) is 0 Å². The van der Waals surface area contributed by atoms with Gasteiger partial charge in [-0.25, -0.2) is 0 Å². The Morgan fingerprint density at radius 3 is 0.740 bits per heavy atom. The van der Waals surface area contributed by atoms with E-state index in [0.717, 1.165) is 153 Å². The van der Waals surface area contributed by atoms with Gasteiger partial charge in [0.1, 0.15) is 23.0 Å². The number of hydrogen-bond acceptors (Lipinski definition) is 4. The van der Waals surface area contributed by atoms with Crippen molar-refractivity contribution >= 4 is 118 Å². The van der Waals surface area contributed by atoms with E-state index in [2.05, 4.69) is 116 Å². The van der Waals surface area contributed by atoms with Crippen molar-refractivity contribution < 1.29 is 20.4 Å². The van der Waals surface area contributed by atoms with E-state index in [1.54, 1.807) is 0 Å². The van der Waals surface area contributed by atoms with Gasteiger partial charge in [0.05, 0.1) is 17.9 Å². The van der Waals surface area contributed by atoms with Crippen LogP contribution < -0.4 is 0 Å². The van der Waals surface area contributed by atoms with E-state index < -0.39 is 0 Å². The van der Waals surface area contributed by atoms with E-state index in [1.165, 1.54) is 0 Å². The fraction of sp³-hybridized carbons (Fsp3) is 0.381. The summed E-state index contributed by atoms with van der Waals surface area (Å²) in [6.07, 6.45) is 10.6. The van der Waals surface area contributed by atoms with Crippen LogP contribution in [0.2, 0.25) is 0 Å². The second kappa shape index (κ2) is 15.4. The number of phenolic OH excluding ortho intramolecular Hbond substituents is 4. The molecule has 0 aromatic heterocycles. The van der Waals surface area contributed by atoms with E-state index in [-0.39, 0.29) is 23.0 Å². The van der Waals surface area contributed by atoms with Gasteiger partial charge >= 0.3 is 0 Å². The molecule has 0 unspecified atom stereocenters. The summed E-state index contributed by atoms with van der Waals surface area (Å²) in [4.78, 5) is 0. The molecule has 0 aliphatic rings. The molecule has 0 saturated carbocycles. The number of hydrogen-bond donors (Lipinski definition) is 4. The number of phenols is 4. The smallest absolute Gasteiger partial charge is 0.133 e. The molecule has 0 saturated heterocycles. The van der Waals surface area contributed by atoms with Crippen LogP contribution in [0.4, 0.5) is 0 Å². The Morgan fingerprint density at radius 2 is 0.560 bits per heavy atom. The zero-order chi connectivity index (χ0) is 36.0. The molecule has 0 aliphatic carbocycles. The molecule has 50 heavy (non-hydrogen) atoms. The van der Waals surface area contributed by atoms with E-state index in [9.17, 15) is 20.4 Å². The largest absolute Gasteiger partial charge is 0.506 e. The van der Waals surface area contributed by atoms with Gasteiger partial charge in [0.25, 0.3) is 0 Å². The Balaban J connectivity index is 2.03. The van der Waals surface area contributed by atoms with Crippen molar-refractivity contribution in [3.05, 3.63) is 64.4 Å². The Morgan fingerprint density at radius 1 is 0.360 bits per heavy atom. The summed E-state index contributed by atoms with van der Waals surface area (Å²) in [6.45, 7) is 8.60. The molecule has 6 aromatic carbocycles. The SMILES string of the molecule is CCCCc1cc2c(c(Br)c1O)c1c(Br)c(O)c(CCCC)cc1c1c3cc(CCCC)c(O)c(Br)c3c3c(Br)c(O)c(CCCC)cc3c21. The molecule has 0 radical (unpaired) electrons. The highest BCUT2D eigenvalue weighted by Crippen LogP contribution is 2.55. The first kappa shape index (κ1) is 37.5. The lowest BCUT2D eigenvalue weighted by Crippen LogP contribution is -1.98. The number of benzene rings is 6. The second-order valence-electron chi connectivity index (χ2n) is 13.6. The molecule has 0 amide bonds. The first-order valence-electron chi connectivity index (χ1n) is 18.0. The van der Waals surface area contributed by atoms with Gasteiger partial charge in [0, 0.05) is 21.5 Å². The third kappa shape index (κ3) is 6.18. The first-order valence-corrected chi connectivity index (χ1v) is 21.1. The zero-order valence-corrected chi connectivity index (χ0v) is 35.4. The average molecular weight is 932 g/mol. The summed E-state index contributed by atoms with van der Waals surface area (Å²) < 4.78 is 2.40. The van der Waals surface area contributed by atoms with Crippen molar-refractivity contribution in [2.75, 3.05) is 0 Å². The molecule has 0 atom stereocenters. The molecule has 4 nitrogen and oxygen atoms in total. The molecular formula is C42H44Br4O4. The number of rotatable bonds is 12. The molecule has 4 N–H and O–H groups in total. The lowest BCUT2D eigenvalue weighted by atomic mass is 9.83. The first-order chi connectivity index (χ1) is 24.0. The van der Waals surface area contributed by atoms with Gasteiger partial charge in [-0.15, -0.1) is 0 Å². The van der Waals surface area contributed by atoms with E-state index in [4.69, 9.17) is 0 Å². The van der Waals surface area contributed by atoms with Crippen LogP contribution in [-0.2, 0) is 25.7 Å². The summed E-state index contributed by atoms with van der Waals surface area (Å²) >= 11 is 15.4. The Kier molecular flexibility index (Phi) is 11.5. The highest BCUT2D eigenvalue weighted by Gasteiger charge is 2.27. The van der Waals surface area contributed by atoms with Crippen LogP contribution >= 0.6 is 63.7 Å². The fourth-order valence-corrected chi connectivity index (χ4v) is 10.3. The maximum Gasteiger partial charge on any atom is 0.133 e. The molecule has 0 aliphatic heterocycles. The Hall–Kier alpha value is -2.26. The predicted molar refractivity (Wildman–Crippen MR) is 226 cm³/mol. The quantitative estimate of drug-likeness (QED) is 0.0922. The van der Waals surface area contributed by atoms with Crippen LogP contribution in [0.1, 0.15) is 101 Å². The lowest BCUT2D eigenvalue weighted by Gasteiger charge is -2.23. The minimum atomic E-state index is 0.218. The number of fused-ring (bicyclic) bond motifs is 11. The zero-order valence-electron chi connectivity index (χ0n) is 29.1. The summed E-state index contributed by atoms with van der Waals surface area (Å²) in [6, 6.07) is 8.53. The summed E-state index contributed by atoms with van der Waals surface area (Å²) in [5, 5.41) is 55.8. The third-order valence-electron chi connectivity index (χ3n) is 10.3. The Bertz CT molecular complexity index is 1990. The van der Waals surface area contributed by atoms with Crippen LogP contribution in [0, 0.1) is 0 Å². The number of halogens is 4.